The molecule has 0 saturated carbocycles. The molecule has 1 aromatic heterocycles. The number of benzene rings is 2. The molecule has 1 N–H and O–H groups in total. The summed E-state index contributed by atoms with van der Waals surface area (Å²) in [6.45, 7) is 3.80. The number of nitrogens with zero attached hydrogens (tertiary/aromatic N) is 2. The summed E-state index contributed by atoms with van der Waals surface area (Å²) in [6, 6.07) is 15.9. The van der Waals surface area contributed by atoms with Gasteiger partial charge in [-0.1, -0.05) is 36.0 Å². The maximum atomic E-state index is 12.6. The molecule has 154 valence electrons. The highest BCUT2D eigenvalue weighted by atomic mass is 32.2. The minimum atomic E-state index is -0.246. The number of thioether (sulfide) groups is 1. The van der Waals surface area contributed by atoms with Crippen LogP contribution < -0.4 is 10.1 Å². The van der Waals surface area contributed by atoms with Gasteiger partial charge in [0.2, 0.25) is 5.91 Å². The molecule has 7 heteroatoms. The fraction of sp³-hybridized carbons (Fsp3) is 0.364. The van der Waals surface area contributed by atoms with Crippen LogP contribution in [0.4, 0.5) is 0 Å². The van der Waals surface area contributed by atoms with Crippen molar-refractivity contribution in [3.05, 3.63) is 54.1 Å². The van der Waals surface area contributed by atoms with E-state index in [4.69, 9.17) is 14.5 Å². The zero-order valence-corrected chi connectivity index (χ0v) is 17.9. The van der Waals surface area contributed by atoms with Crippen LogP contribution in [0.2, 0.25) is 0 Å². The predicted molar refractivity (Wildman–Crippen MR) is 117 cm³/mol. The Morgan fingerprint density at radius 1 is 1.17 bits per heavy atom. The van der Waals surface area contributed by atoms with E-state index in [1.54, 1.807) is 14.2 Å². The molecule has 0 fully saturated rings. The first-order chi connectivity index (χ1) is 14.1. The molecule has 1 amide bonds. The predicted octanol–water partition coefficient (Wildman–Crippen LogP) is 3.53. The summed E-state index contributed by atoms with van der Waals surface area (Å²) in [5, 5.41) is 3.61. The maximum Gasteiger partial charge on any atom is 0.233 e. The number of carbonyl (C=O) groups excluding carboxylic acids is 1. The van der Waals surface area contributed by atoms with E-state index in [0.29, 0.717) is 19.7 Å². The molecule has 0 aliphatic carbocycles. The summed E-state index contributed by atoms with van der Waals surface area (Å²) in [6.07, 6.45) is 0.777. The van der Waals surface area contributed by atoms with Gasteiger partial charge >= 0.3 is 0 Å². The molecule has 1 atom stereocenters. The van der Waals surface area contributed by atoms with E-state index >= 15 is 0 Å². The van der Waals surface area contributed by atoms with Crippen molar-refractivity contribution >= 4 is 28.7 Å². The van der Waals surface area contributed by atoms with Gasteiger partial charge in [-0.25, -0.2) is 4.98 Å². The topological polar surface area (TPSA) is 65.4 Å². The van der Waals surface area contributed by atoms with Crippen LogP contribution in [-0.2, 0) is 22.5 Å². The summed E-state index contributed by atoms with van der Waals surface area (Å²) in [4.78, 5) is 17.3. The third-order valence-corrected chi connectivity index (χ3v) is 5.75. The Hall–Kier alpha value is -2.51. The third kappa shape index (κ3) is 5.52. The second-order valence-corrected chi connectivity index (χ2v) is 7.98. The van der Waals surface area contributed by atoms with E-state index in [2.05, 4.69) is 9.88 Å². The minimum absolute atomic E-state index is 0.00820. The molecule has 29 heavy (non-hydrogen) atoms. The Labute approximate surface area is 175 Å². The maximum absolute atomic E-state index is 12.6. The number of aromatic nitrogens is 2. The van der Waals surface area contributed by atoms with E-state index in [0.717, 1.165) is 33.9 Å². The SMILES string of the molecule is COCCn1c(SC(C)C(=O)NCCc2ccc(OC)cc2)nc2ccccc21. The Morgan fingerprint density at radius 3 is 2.66 bits per heavy atom. The number of imidazole rings is 1. The summed E-state index contributed by atoms with van der Waals surface area (Å²) in [5.41, 5.74) is 3.14. The highest BCUT2D eigenvalue weighted by Gasteiger charge is 2.19. The zero-order valence-electron chi connectivity index (χ0n) is 17.1. The molecule has 1 heterocycles. The molecule has 0 bridgehead atoms. The first kappa shape index (κ1) is 21.2. The Morgan fingerprint density at radius 2 is 1.93 bits per heavy atom. The molecular weight excluding hydrogens is 386 g/mol. The van der Waals surface area contributed by atoms with Crippen LogP contribution in [-0.4, -0.2) is 48.1 Å². The highest BCUT2D eigenvalue weighted by Crippen LogP contribution is 2.27. The lowest BCUT2D eigenvalue weighted by atomic mass is 10.1. The molecule has 0 radical (unpaired) electrons. The lowest BCUT2D eigenvalue weighted by Gasteiger charge is -2.13. The summed E-state index contributed by atoms with van der Waals surface area (Å²) < 4.78 is 12.5. The van der Waals surface area contributed by atoms with Gasteiger partial charge in [0, 0.05) is 20.2 Å². The standard InChI is InChI=1S/C22H27N3O3S/c1-16(21(26)23-13-12-17-8-10-18(28-3)11-9-17)29-22-24-19-6-4-5-7-20(19)25(22)14-15-27-2/h4-11,16H,12-15H2,1-3H3,(H,23,26). The summed E-state index contributed by atoms with van der Waals surface area (Å²) in [5.74, 6) is 0.841. The van der Waals surface area contributed by atoms with Crippen molar-refractivity contribution in [2.24, 2.45) is 0 Å². The second-order valence-electron chi connectivity index (χ2n) is 6.68. The van der Waals surface area contributed by atoms with E-state index in [1.165, 1.54) is 11.8 Å². The Bertz CT molecular complexity index is 940. The zero-order chi connectivity index (χ0) is 20.6. The van der Waals surface area contributed by atoms with Gasteiger partial charge in [0.25, 0.3) is 0 Å². The van der Waals surface area contributed by atoms with Gasteiger partial charge in [0.1, 0.15) is 5.75 Å². The van der Waals surface area contributed by atoms with Crippen molar-refractivity contribution in [3.8, 4) is 5.75 Å². The summed E-state index contributed by atoms with van der Waals surface area (Å²) >= 11 is 1.47. The van der Waals surface area contributed by atoms with Gasteiger partial charge in [-0.2, -0.15) is 0 Å². The molecular formula is C22H27N3O3S. The van der Waals surface area contributed by atoms with Gasteiger partial charge in [-0.05, 0) is 43.2 Å². The largest absolute Gasteiger partial charge is 0.497 e. The second kappa shape index (κ2) is 10.3. The van der Waals surface area contributed by atoms with Gasteiger partial charge in [-0.15, -0.1) is 0 Å². The molecule has 6 nitrogen and oxygen atoms in total. The van der Waals surface area contributed by atoms with Crippen LogP contribution in [0.5, 0.6) is 5.75 Å². The molecule has 0 spiro atoms. The van der Waals surface area contributed by atoms with Crippen molar-refractivity contribution in [1.29, 1.82) is 0 Å². The first-order valence-electron chi connectivity index (χ1n) is 9.64. The molecule has 3 rings (SSSR count). The number of nitrogens with one attached hydrogen (secondary N) is 1. The van der Waals surface area contributed by atoms with Crippen molar-refractivity contribution in [2.45, 2.75) is 30.3 Å². The van der Waals surface area contributed by atoms with Crippen LogP contribution in [0.3, 0.4) is 0 Å². The molecule has 1 unspecified atom stereocenters. The van der Waals surface area contributed by atoms with Crippen LogP contribution in [0.25, 0.3) is 11.0 Å². The fourth-order valence-corrected chi connectivity index (χ4v) is 3.99. The van der Waals surface area contributed by atoms with Gasteiger partial charge in [0.05, 0.1) is 30.0 Å². The lowest BCUT2D eigenvalue weighted by Crippen LogP contribution is -2.32. The Kier molecular flexibility index (Phi) is 7.55. The quantitative estimate of drug-likeness (QED) is 0.515. The number of para-hydroxylation sites is 2. The smallest absolute Gasteiger partial charge is 0.233 e. The van der Waals surface area contributed by atoms with Gasteiger partial charge in [-0.3, -0.25) is 4.79 Å². The first-order valence-corrected chi connectivity index (χ1v) is 10.5. The summed E-state index contributed by atoms with van der Waals surface area (Å²) in [7, 11) is 3.34. The van der Waals surface area contributed by atoms with E-state index < -0.39 is 0 Å². The number of hydrogen-bond acceptors (Lipinski definition) is 5. The number of hydrogen-bond donors (Lipinski definition) is 1. The van der Waals surface area contributed by atoms with Crippen molar-refractivity contribution in [2.75, 3.05) is 27.4 Å². The average molecular weight is 414 g/mol. The highest BCUT2D eigenvalue weighted by molar-refractivity contribution is 8.00. The molecule has 0 aliphatic heterocycles. The number of rotatable bonds is 10. The van der Waals surface area contributed by atoms with E-state index in [-0.39, 0.29) is 11.2 Å². The van der Waals surface area contributed by atoms with Gasteiger partial charge < -0.3 is 19.4 Å². The number of ether oxygens (including phenoxy) is 2. The average Bonchev–Trinajstić information content (AvgIpc) is 3.09. The lowest BCUT2D eigenvalue weighted by molar-refractivity contribution is -0.120. The molecule has 2 aromatic carbocycles. The Balaban J connectivity index is 1.58. The monoisotopic (exact) mass is 413 g/mol. The number of carbonyl (C=O) groups is 1. The van der Waals surface area contributed by atoms with Crippen LogP contribution >= 0.6 is 11.8 Å². The van der Waals surface area contributed by atoms with Crippen LogP contribution in [0.15, 0.2) is 53.7 Å². The normalized spacial score (nSPS) is 12.1. The number of amides is 1. The van der Waals surface area contributed by atoms with Gasteiger partial charge in [0.15, 0.2) is 5.16 Å². The molecule has 0 saturated heterocycles. The molecule has 3 aromatic rings. The third-order valence-electron chi connectivity index (χ3n) is 4.66. The fourth-order valence-electron chi connectivity index (χ4n) is 3.02. The molecule has 0 aliphatic rings. The number of methoxy groups -OCH3 is 2. The van der Waals surface area contributed by atoms with E-state index in [1.807, 2.05) is 55.5 Å². The number of fused-ring (bicyclic) bond motifs is 1. The van der Waals surface area contributed by atoms with E-state index in [9.17, 15) is 4.79 Å². The van der Waals surface area contributed by atoms with Crippen molar-refractivity contribution in [1.82, 2.24) is 14.9 Å². The van der Waals surface area contributed by atoms with Crippen LogP contribution in [0.1, 0.15) is 12.5 Å². The minimum Gasteiger partial charge on any atom is -0.497 e. The van der Waals surface area contributed by atoms with Crippen molar-refractivity contribution < 1.29 is 14.3 Å². The van der Waals surface area contributed by atoms with Crippen LogP contribution in [0, 0.1) is 0 Å². The van der Waals surface area contributed by atoms with Crippen molar-refractivity contribution in [3.63, 3.8) is 0 Å².